The van der Waals surface area contributed by atoms with Crippen LogP contribution < -0.4 is 21.4 Å². The molecule has 1 saturated heterocycles. The topological polar surface area (TPSA) is 120 Å². The standard InChI is InChI=1S/C31H31BrN3O6PS/c1-19-4-12-24(13-5-19)42(25-14-6-20(2)7-15-25)34-31(39-3)28(37)35-26(22(17-41-30(33)38)18-43-29(31)35)27(36)40-16-21-8-10-23(32)11-9-21/h4-15,29,34H,16-18H2,1-3H3,(H2,33,38)/t29-,31-/m0/s1. The molecule has 5 rings (SSSR count). The van der Waals surface area contributed by atoms with Gasteiger partial charge in [0, 0.05) is 31.0 Å². The average Bonchev–Trinajstić information content (AvgIpc) is 3.00. The highest BCUT2D eigenvalue weighted by molar-refractivity contribution is 9.10. The van der Waals surface area contributed by atoms with Gasteiger partial charge in [-0.1, -0.05) is 87.7 Å². The van der Waals surface area contributed by atoms with Crippen molar-refractivity contribution >= 4 is 64.3 Å². The fourth-order valence-electron chi connectivity index (χ4n) is 4.81. The summed E-state index contributed by atoms with van der Waals surface area (Å²) >= 11 is 4.80. The number of methoxy groups -OCH3 is 1. The number of fused-ring (bicyclic) bond motifs is 1. The molecule has 0 aromatic heterocycles. The molecule has 0 spiro atoms. The van der Waals surface area contributed by atoms with Crippen LogP contribution in [0.5, 0.6) is 0 Å². The summed E-state index contributed by atoms with van der Waals surface area (Å²) in [5.41, 5.74) is 7.29. The lowest BCUT2D eigenvalue weighted by Crippen LogP contribution is -2.79. The Morgan fingerprint density at radius 2 is 1.56 bits per heavy atom. The number of aryl methyl sites for hydroxylation is 2. The Hall–Kier alpha value is -3.21. The van der Waals surface area contributed by atoms with E-state index in [1.54, 1.807) is 0 Å². The van der Waals surface area contributed by atoms with E-state index in [-0.39, 0.29) is 18.9 Å². The van der Waals surface area contributed by atoms with Crippen molar-refractivity contribution in [1.82, 2.24) is 9.99 Å². The van der Waals surface area contributed by atoms with Crippen molar-refractivity contribution in [3.8, 4) is 0 Å². The number of rotatable bonds is 10. The van der Waals surface area contributed by atoms with Gasteiger partial charge in [0.05, 0.1) is 0 Å². The molecule has 3 N–H and O–H groups in total. The van der Waals surface area contributed by atoms with Crippen LogP contribution in [0, 0.1) is 13.8 Å². The molecule has 0 bridgehead atoms. The first kappa shape index (κ1) is 31.2. The maximum atomic E-state index is 14.1. The number of nitrogens with two attached hydrogens (primary N) is 1. The van der Waals surface area contributed by atoms with E-state index in [0.717, 1.165) is 31.8 Å². The summed E-state index contributed by atoms with van der Waals surface area (Å²) < 4.78 is 17.6. The van der Waals surface area contributed by atoms with Gasteiger partial charge in [0.1, 0.15) is 24.3 Å². The second kappa shape index (κ2) is 13.2. The van der Waals surface area contributed by atoms with E-state index in [1.807, 2.05) is 62.4 Å². The number of ether oxygens (including phenoxy) is 3. The Labute approximate surface area is 264 Å². The van der Waals surface area contributed by atoms with Crippen molar-refractivity contribution in [1.29, 1.82) is 0 Å². The molecule has 3 aromatic rings. The van der Waals surface area contributed by atoms with E-state index >= 15 is 0 Å². The molecule has 43 heavy (non-hydrogen) atoms. The van der Waals surface area contributed by atoms with Gasteiger partial charge < -0.3 is 19.9 Å². The molecule has 12 heteroatoms. The third-order valence-corrected chi connectivity index (χ3v) is 11.2. The van der Waals surface area contributed by atoms with Crippen LogP contribution in [0.25, 0.3) is 0 Å². The predicted molar refractivity (Wildman–Crippen MR) is 171 cm³/mol. The van der Waals surface area contributed by atoms with Gasteiger partial charge in [-0.3, -0.25) is 9.69 Å². The molecule has 2 amide bonds. The van der Waals surface area contributed by atoms with Gasteiger partial charge in [-0.25, -0.2) is 14.7 Å². The minimum atomic E-state index is -1.42. The second-order valence-corrected chi connectivity index (χ2v) is 14.1. The summed E-state index contributed by atoms with van der Waals surface area (Å²) in [5, 5.41) is 5.03. The Kier molecular flexibility index (Phi) is 9.58. The molecular weight excluding hydrogens is 653 g/mol. The number of nitrogens with zero attached hydrogens (tertiary/aromatic N) is 1. The fourth-order valence-corrected chi connectivity index (χ4v) is 8.68. The third-order valence-electron chi connectivity index (χ3n) is 7.16. The van der Waals surface area contributed by atoms with Gasteiger partial charge in [-0.05, 0) is 42.2 Å². The zero-order valence-corrected chi connectivity index (χ0v) is 27.1. The monoisotopic (exact) mass is 683 g/mol. The molecule has 2 heterocycles. The van der Waals surface area contributed by atoms with Gasteiger partial charge in [-0.2, -0.15) is 0 Å². The highest BCUT2D eigenvalue weighted by Gasteiger charge is 2.66. The van der Waals surface area contributed by atoms with Gasteiger partial charge >= 0.3 is 12.1 Å². The Balaban J connectivity index is 1.46. The molecule has 2 atom stereocenters. The first-order chi connectivity index (χ1) is 20.6. The first-order valence-corrected chi connectivity index (χ1v) is 16.6. The summed E-state index contributed by atoms with van der Waals surface area (Å²) in [6.07, 6.45) is -0.980. The highest BCUT2D eigenvalue weighted by Crippen LogP contribution is 2.50. The van der Waals surface area contributed by atoms with E-state index in [0.29, 0.717) is 11.3 Å². The largest absolute Gasteiger partial charge is 0.456 e. The van der Waals surface area contributed by atoms with Crippen LogP contribution >= 0.6 is 35.8 Å². The maximum absolute atomic E-state index is 14.1. The van der Waals surface area contributed by atoms with Crippen molar-refractivity contribution in [3.63, 3.8) is 0 Å². The molecule has 1 fully saturated rings. The molecule has 2 aliphatic rings. The van der Waals surface area contributed by atoms with Gasteiger partial charge in [-0.15, -0.1) is 11.8 Å². The van der Waals surface area contributed by atoms with E-state index < -0.39 is 37.1 Å². The Morgan fingerprint density at radius 3 is 2.09 bits per heavy atom. The normalized spacial score (nSPS) is 19.6. The number of β-lactam (4-membered cyclic amide) rings is 1. The number of primary amides is 1. The predicted octanol–water partition coefficient (Wildman–Crippen LogP) is 4.35. The molecule has 9 nitrogen and oxygen atoms in total. The van der Waals surface area contributed by atoms with Gasteiger partial charge in [0.25, 0.3) is 5.91 Å². The SMILES string of the molecule is CO[C@@]1(NP(c2ccc(C)cc2)c2ccc(C)cc2)C(=O)N2C(C(=O)OCc3ccc(Br)cc3)=C(COC(N)=O)CS[C@H]21. The van der Waals surface area contributed by atoms with Crippen molar-refractivity contribution in [2.24, 2.45) is 5.73 Å². The smallest absolute Gasteiger partial charge is 0.404 e. The lowest BCUT2D eigenvalue weighted by molar-refractivity contribution is -0.187. The number of carbonyl (C=O) groups is 3. The Morgan fingerprint density at radius 1 is 0.977 bits per heavy atom. The van der Waals surface area contributed by atoms with Crippen molar-refractivity contribution in [2.75, 3.05) is 19.5 Å². The van der Waals surface area contributed by atoms with Gasteiger partial charge in [0.15, 0.2) is 0 Å². The van der Waals surface area contributed by atoms with E-state index in [9.17, 15) is 14.4 Å². The number of carbonyl (C=O) groups excluding carboxylic acids is 3. The number of nitrogens with one attached hydrogen (secondary N) is 1. The van der Waals surface area contributed by atoms with Crippen molar-refractivity contribution < 1.29 is 28.6 Å². The van der Waals surface area contributed by atoms with Crippen molar-refractivity contribution in [3.05, 3.63) is 105 Å². The number of benzene rings is 3. The van der Waals surface area contributed by atoms with E-state index in [1.165, 1.54) is 23.8 Å². The lowest BCUT2D eigenvalue weighted by Gasteiger charge is -2.57. The molecule has 0 aliphatic carbocycles. The summed E-state index contributed by atoms with van der Waals surface area (Å²) in [6, 6.07) is 23.7. The van der Waals surface area contributed by atoms with Crippen LogP contribution in [0.15, 0.2) is 88.5 Å². The lowest BCUT2D eigenvalue weighted by atomic mass is 9.99. The fraction of sp³-hybridized carbons (Fsp3) is 0.258. The number of thioether (sulfide) groups is 1. The molecule has 0 saturated carbocycles. The summed E-state index contributed by atoms with van der Waals surface area (Å²) in [6.45, 7) is 3.81. The van der Waals surface area contributed by atoms with Crippen LogP contribution in [0.1, 0.15) is 16.7 Å². The molecule has 3 aromatic carbocycles. The zero-order chi connectivity index (χ0) is 30.7. The van der Waals surface area contributed by atoms with E-state index in [2.05, 4.69) is 45.3 Å². The van der Waals surface area contributed by atoms with Crippen LogP contribution in [0.2, 0.25) is 0 Å². The number of halogens is 1. The minimum absolute atomic E-state index is 0.000765. The van der Waals surface area contributed by atoms with Gasteiger partial charge in [0.2, 0.25) is 5.72 Å². The van der Waals surface area contributed by atoms with Crippen LogP contribution in [0.3, 0.4) is 0 Å². The van der Waals surface area contributed by atoms with Crippen LogP contribution in [-0.2, 0) is 30.4 Å². The zero-order valence-electron chi connectivity index (χ0n) is 23.8. The van der Waals surface area contributed by atoms with Crippen LogP contribution in [-0.4, -0.2) is 53.4 Å². The summed E-state index contributed by atoms with van der Waals surface area (Å²) in [7, 11) is 0.251. The highest BCUT2D eigenvalue weighted by atomic mass is 79.9. The quantitative estimate of drug-likeness (QED) is 0.140. The number of hydrogen-bond acceptors (Lipinski definition) is 8. The second-order valence-electron chi connectivity index (χ2n) is 10.2. The van der Waals surface area contributed by atoms with Crippen molar-refractivity contribution in [2.45, 2.75) is 31.6 Å². The molecular formula is C31H31BrN3O6PS. The summed E-state index contributed by atoms with van der Waals surface area (Å²) in [4.78, 5) is 40.4. The first-order valence-electron chi connectivity index (χ1n) is 13.4. The summed E-state index contributed by atoms with van der Waals surface area (Å²) in [5.74, 6) is -0.843. The Bertz CT molecular complexity index is 1510. The molecule has 0 radical (unpaired) electrons. The minimum Gasteiger partial charge on any atom is -0.456 e. The van der Waals surface area contributed by atoms with E-state index in [4.69, 9.17) is 19.9 Å². The molecule has 224 valence electrons. The number of amides is 2. The maximum Gasteiger partial charge on any atom is 0.404 e. The molecule has 2 aliphatic heterocycles. The molecule has 0 unspecified atom stereocenters. The van der Waals surface area contributed by atoms with Crippen LogP contribution in [0.4, 0.5) is 4.79 Å². The third kappa shape index (κ3) is 6.51. The average molecular weight is 685 g/mol. The number of hydrogen-bond donors (Lipinski definition) is 2. The number of esters is 1.